The molecule has 2 aromatic carbocycles. The van der Waals surface area contributed by atoms with Crippen LogP contribution in [-0.2, 0) is 19.9 Å². The summed E-state index contributed by atoms with van der Waals surface area (Å²) in [6.07, 6.45) is 5.88. The second-order valence-electron chi connectivity index (χ2n) is 6.94. The summed E-state index contributed by atoms with van der Waals surface area (Å²) in [5, 5.41) is 15.7. The van der Waals surface area contributed by atoms with E-state index < -0.39 is 0 Å². The highest BCUT2D eigenvalue weighted by atomic mass is 16.3. The van der Waals surface area contributed by atoms with Crippen molar-refractivity contribution in [3.8, 4) is 5.75 Å². The van der Waals surface area contributed by atoms with Crippen molar-refractivity contribution in [3.63, 3.8) is 0 Å². The van der Waals surface area contributed by atoms with Crippen LogP contribution in [0, 0.1) is 0 Å². The lowest BCUT2D eigenvalue weighted by atomic mass is 9.94. The molecule has 0 aliphatic heterocycles. The summed E-state index contributed by atoms with van der Waals surface area (Å²) >= 11 is 0. The molecule has 5 rings (SSSR count). The maximum atomic E-state index is 10.4. The highest BCUT2D eigenvalue weighted by molar-refractivity contribution is 6.03. The molecular weight excluding hydrogens is 340 g/mol. The standard InChI is InChI=1S/C21H20N4O2/c1-25-16-8-4-3-7-15(16)23-21(25)24-22-12-14-17(26)10-11-19-20(14)13-6-2-5-9-18(13)27-19/h3-4,7-8,10-12,26H,2,5-6,9H2,1H3,(H,23,24)/b22-12+. The SMILES string of the molecule is Cn1c(N/N=C/c2c(O)ccc3oc4c(c23)CCCC4)nc2ccccc21. The number of para-hydroxylation sites is 2. The number of phenolic OH excluding ortho intramolecular Hbond substituents is 1. The summed E-state index contributed by atoms with van der Waals surface area (Å²) in [5.41, 5.74) is 7.63. The molecule has 2 N–H and O–H groups in total. The van der Waals surface area contributed by atoms with Gasteiger partial charge in [-0.2, -0.15) is 5.10 Å². The average molecular weight is 360 g/mol. The van der Waals surface area contributed by atoms with E-state index in [1.807, 2.05) is 41.9 Å². The van der Waals surface area contributed by atoms with E-state index in [1.165, 1.54) is 5.56 Å². The van der Waals surface area contributed by atoms with E-state index in [9.17, 15) is 5.11 Å². The van der Waals surface area contributed by atoms with Crippen molar-refractivity contribution in [1.82, 2.24) is 9.55 Å². The van der Waals surface area contributed by atoms with Crippen LogP contribution in [0.3, 0.4) is 0 Å². The number of imidazole rings is 1. The van der Waals surface area contributed by atoms with Gasteiger partial charge in [-0.3, -0.25) is 0 Å². The number of aromatic hydroxyl groups is 1. The molecule has 0 spiro atoms. The lowest BCUT2D eigenvalue weighted by molar-refractivity contribution is 0.474. The van der Waals surface area contributed by atoms with Crippen LogP contribution in [0.25, 0.3) is 22.0 Å². The predicted molar refractivity (Wildman–Crippen MR) is 106 cm³/mol. The van der Waals surface area contributed by atoms with E-state index in [0.29, 0.717) is 11.5 Å². The molecule has 1 aliphatic carbocycles. The van der Waals surface area contributed by atoms with Crippen LogP contribution < -0.4 is 5.43 Å². The third kappa shape index (κ3) is 2.56. The molecule has 2 aromatic heterocycles. The van der Waals surface area contributed by atoms with Crippen LogP contribution in [0.15, 0.2) is 45.9 Å². The number of phenols is 1. The Labute approximate surface area is 156 Å². The molecule has 0 radical (unpaired) electrons. The lowest BCUT2D eigenvalue weighted by Crippen LogP contribution is -2.01. The normalized spacial score (nSPS) is 14.3. The van der Waals surface area contributed by atoms with Gasteiger partial charge >= 0.3 is 0 Å². The smallest absolute Gasteiger partial charge is 0.224 e. The van der Waals surface area contributed by atoms with Crippen molar-refractivity contribution in [2.24, 2.45) is 12.1 Å². The number of hydrogen-bond donors (Lipinski definition) is 2. The second-order valence-corrected chi connectivity index (χ2v) is 6.94. The van der Waals surface area contributed by atoms with E-state index >= 15 is 0 Å². The number of nitrogens with zero attached hydrogens (tertiary/aromatic N) is 3. The Balaban J connectivity index is 1.53. The fourth-order valence-electron chi connectivity index (χ4n) is 3.90. The molecule has 0 saturated carbocycles. The molecule has 27 heavy (non-hydrogen) atoms. The van der Waals surface area contributed by atoms with E-state index in [0.717, 1.165) is 53.4 Å². The first-order valence-electron chi connectivity index (χ1n) is 9.19. The monoisotopic (exact) mass is 360 g/mol. The fourth-order valence-corrected chi connectivity index (χ4v) is 3.90. The summed E-state index contributed by atoms with van der Waals surface area (Å²) in [6.45, 7) is 0. The van der Waals surface area contributed by atoms with Crippen molar-refractivity contribution in [2.75, 3.05) is 5.43 Å². The van der Waals surface area contributed by atoms with Gasteiger partial charge in [0.05, 0.1) is 17.2 Å². The molecule has 6 heteroatoms. The van der Waals surface area contributed by atoms with Crippen LogP contribution in [0.1, 0.15) is 29.7 Å². The number of nitrogens with one attached hydrogen (secondary N) is 1. The van der Waals surface area contributed by atoms with Gasteiger partial charge in [0, 0.05) is 30.0 Å². The number of hydrogen-bond acceptors (Lipinski definition) is 5. The molecule has 4 aromatic rings. The molecule has 0 bridgehead atoms. The van der Waals surface area contributed by atoms with Crippen LogP contribution in [-0.4, -0.2) is 20.9 Å². The van der Waals surface area contributed by atoms with Gasteiger partial charge in [-0.25, -0.2) is 10.4 Å². The number of fused-ring (bicyclic) bond motifs is 4. The molecule has 0 atom stereocenters. The van der Waals surface area contributed by atoms with Crippen LogP contribution in [0.4, 0.5) is 5.95 Å². The Morgan fingerprint density at radius 1 is 1.19 bits per heavy atom. The van der Waals surface area contributed by atoms with E-state index in [1.54, 1.807) is 12.3 Å². The van der Waals surface area contributed by atoms with Gasteiger partial charge in [0.2, 0.25) is 5.95 Å². The Kier molecular flexibility index (Phi) is 3.63. The number of rotatable bonds is 3. The molecular formula is C21H20N4O2. The second kappa shape index (κ2) is 6.16. The van der Waals surface area contributed by atoms with E-state index in [-0.39, 0.29) is 5.75 Å². The van der Waals surface area contributed by atoms with Crippen molar-refractivity contribution in [3.05, 3.63) is 53.3 Å². The minimum atomic E-state index is 0.201. The molecule has 0 amide bonds. The summed E-state index contributed by atoms with van der Waals surface area (Å²) in [6, 6.07) is 11.4. The topological polar surface area (TPSA) is 75.6 Å². The fraction of sp³-hybridized carbons (Fsp3) is 0.238. The first-order valence-corrected chi connectivity index (χ1v) is 9.19. The molecule has 6 nitrogen and oxygen atoms in total. The quantitative estimate of drug-likeness (QED) is 0.421. The van der Waals surface area contributed by atoms with Crippen LogP contribution in [0.2, 0.25) is 0 Å². The summed E-state index contributed by atoms with van der Waals surface area (Å²) in [5.74, 6) is 1.89. The van der Waals surface area contributed by atoms with Crippen molar-refractivity contribution in [2.45, 2.75) is 25.7 Å². The third-order valence-electron chi connectivity index (χ3n) is 5.28. The van der Waals surface area contributed by atoms with Gasteiger partial charge in [-0.15, -0.1) is 0 Å². The Bertz CT molecular complexity index is 1190. The van der Waals surface area contributed by atoms with E-state index in [4.69, 9.17) is 4.42 Å². The molecule has 0 saturated heterocycles. The number of aromatic nitrogens is 2. The van der Waals surface area contributed by atoms with E-state index in [2.05, 4.69) is 15.5 Å². The number of hydrazone groups is 1. The minimum Gasteiger partial charge on any atom is -0.507 e. The molecule has 0 fully saturated rings. The Morgan fingerprint density at radius 3 is 2.93 bits per heavy atom. The zero-order chi connectivity index (χ0) is 18.4. The summed E-state index contributed by atoms with van der Waals surface area (Å²) in [7, 11) is 1.94. The molecule has 0 unspecified atom stereocenters. The number of aryl methyl sites for hydroxylation is 3. The first kappa shape index (κ1) is 15.9. The first-order chi connectivity index (χ1) is 13.2. The molecule has 136 valence electrons. The Morgan fingerprint density at radius 2 is 2.04 bits per heavy atom. The highest BCUT2D eigenvalue weighted by Crippen LogP contribution is 2.36. The van der Waals surface area contributed by atoms with Gasteiger partial charge in [0.1, 0.15) is 17.1 Å². The zero-order valence-electron chi connectivity index (χ0n) is 15.1. The highest BCUT2D eigenvalue weighted by Gasteiger charge is 2.21. The maximum Gasteiger partial charge on any atom is 0.224 e. The zero-order valence-corrected chi connectivity index (χ0v) is 15.1. The lowest BCUT2D eigenvalue weighted by Gasteiger charge is -2.09. The van der Waals surface area contributed by atoms with Crippen molar-refractivity contribution < 1.29 is 9.52 Å². The minimum absolute atomic E-state index is 0.201. The van der Waals surface area contributed by atoms with Gasteiger partial charge in [0.15, 0.2) is 0 Å². The Hall–Kier alpha value is -3.28. The molecule has 1 aliphatic rings. The van der Waals surface area contributed by atoms with Crippen molar-refractivity contribution in [1.29, 1.82) is 0 Å². The van der Waals surface area contributed by atoms with Gasteiger partial charge in [-0.05, 0) is 43.5 Å². The van der Waals surface area contributed by atoms with Gasteiger partial charge in [0.25, 0.3) is 0 Å². The predicted octanol–water partition coefficient (Wildman–Crippen LogP) is 4.35. The van der Waals surface area contributed by atoms with Gasteiger partial charge in [-0.1, -0.05) is 12.1 Å². The average Bonchev–Trinajstić information content (AvgIpc) is 3.22. The number of furan rings is 1. The maximum absolute atomic E-state index is 10.4. The summed E-state index contributed by atoms with van der Waals surface area (Å²) < 4.78 is 7.95. The van der Waals surface area contributed by atoms with Crippen molar-refractivity contribution >= 4 is 34.2 Å². The molecule has 2 heterocycles. The number of benzene rings is 2. The van der Waals surface area contributed by atoms with Gasteiger partial charge < -0.3 is 14.1 Å². The van der Waals surface area contributed by atoms with Crippen LogP contribution in [0.5, 0.6) is 5.75 Å². The van der Waals surface area contributed by atoms with Crippen LogP contribution >= 0.6 is 0 Å². The summed E-state index contributed by atoms with van der Waals surface area (Å²) in [4.78, 5) is 4.55. The number of anilines is 1. The largest absolute Gasteiger partial charge is 0.507 e. The third-order valence-corrected chi connectivity index (χ3v) is 5.28.